The zero-order valence-electron chi connectivity index (χ0n) is 18.3. The third-order valence-corrected chi connectivity index (χ3v) is 5.72. The molecule has 4 aromatic rings. The first kappa shape index (κ1) is 22.5. The number of carbonyl (C=O) groups is 1. The van der Waals surface area contributed by atoms with Crippen molar-refractivity contribution in [3.8, 4) is 0 Å². The molecule has 2 aromatic carbocycles. The molecule has 0 saturated carbocycles. The number of hydrogen-bond acceptors (Lipinski definition) is 3. The van der Waals surface area contributed by atoms with Crippen LogP contribution < -0.4 is 10.9 Å². The predicted molar refractivity (Wildman–Crippen MR) is 131 cm³/mol. The van der Waals surface area contributed by atoms with E-state index in [1.165, 1.54) is 0 Å². The van der Waals surface area contributed by atoms with Gasteiger partial charge >= 0.3 is 0 Å². The quantitative estimate of drug-likeness (QED) is 0.434. The fourth-order valence-corrected chi connectivity index (χ4v) is 3.86. The molecule has 0 aliphatic rings. The summed E-state index contributed by atoms with van der Waals surface area (Å²) in [5.41, 5.74) is 5.68. The van der Waals surface area contributed by atoms with E-state index in [2.05, 4.69) is 10.3 Å². The summed E-state index contributed by atoms with van der Waals surface area (Å²) in [7, 11) is 0. The lowest BCUT2D eigenvalue weighted by atomic mass is 10.0. The molecule has 6 heteroatoms. The number of rotatable bonds is 7. The maximum absolute atomic E-state index is 12.6. The molecule has 4 rings (SSSR count). The van der Waals surface area contributed by atoms with Gasteiger partial charge in [-0.25, -0.2) is 0 Å². The molecule has 0 saturated heterocycles. The van der Waals surface area contributed by atoms with E-state index in [9.17, 15) is 9.59 Å². The fraction of sp³-hybridized carbons (Fsp3) is 0.148. The van der Waals surface area contributed by atoms with Crippen LogP contribution >= 0.6 is 11.6 Å². The molecule has 0 radical (unpaired) electrons. The molecule has 0 atom stereocenters. The minimum Gasteiger partial charge on any atom is -0.348 e. The van der Waals surface area contributed by atoms with Gasteiger partial charge in [-0.3, -0.25) is 14.6 Å². The summed E-state index contributed by atoms with van der Waals surface area (Å²) >= 11 is 6.00. The van der Waals surface area contributed by atoms with Crippen molar-refractivity contribution in [2.24, 2.45) is 0 Å². The van der Waals surface area contributed by atoms with Gasteiger partial charge in [0.2, 0.25) is 0 Å². The minimum atomic E-state index is -0.164. The summed E-state index contributed by atoms with van der Waals surface area (Å²) in [5.74, 6) is -0.164. The average Bonchev–Trinajstić information content (AvgIpc) is 2.81. The number of nitrogens with one attached hydrogen (secondary N) is 1. The van der Waals surface area contributed by atoms with Crippen molar-refractivity contribution in [2.75, 3.05) is 0 Å². The third-order valence-electron chi connectivity index (χ3n) is 5.48. The second kappa shape index (κ2) is 10.3. The van der Waals surface area contributed by atoms with E-state index in [-0.39, 0.29) is 11.5 Å². The van der Waals surface area contributed by atoms with E-state index >= 15 is 0 Å². The van der Waals surface area contributed by atoms with Crippen LogP contribution in [0.4, 0.5) is 0 Å². The van der Waals surface area contributed by atoms with Gasteiger partial charge in [-0.1, -0.05) is 48.0 Å². The molecule has 0 fully saturated rings. The number of aromatic nitrogens is 2. The molecular formula is C27H24ClN3O2. The number of aryl methyl sites for hydroxylation is 1. The van der Waals surface area contributed by atoms with Crippen LogP contribution in [0.25, 0.3) is 0 Å². The van der Waals surface area contributed by atoms with Gasteiger partial charge in [-0.05, 0) is 65.4 Å². The second-order valence-electron chi connectivity index (χ2n) is 8.00. The molecule has 33 heavy (non-hydrogen) atoms. The highest BCUT2D eigenvalue weighted by Crippen LogP contribution is 2.16. The molecule has 0 aliphatic heterocycles. The third kappa shape index (κ3) is 5.96. The minimum absolute atomic E-state index is 0.0195. The van der Waals surface area contributed by atoms with Crippen molar-refractivity contribution in [1.29, 1.82) is 0 Å². The number of halogens is 1. The smallest absolute Gasteiger partial charge is 0.253 e. The van der Waals surface area contributed by atoms with Crippen LogP contribution in [0.15, 0.2) is 90.1 Å². The molecule has 1 N–H and O–H groups in total. The van der Waals surface area contributed by atoms with Crippen molar-refractivity contribution in [2.45, 2.75) is 26.4 Å². The second-order valence-corrected chi connectivity index (χ2v) is 8.43. The van der Waals surface area contributed by atoms with Crippen molar-refractivity contribution < 1.29 is 4.79 Å². The zero-order chi connectivity index (χ0) is 23.2. The fourth-order valence-electron chi connectivity index (χ4n) is 3.63. The van der Waals surface area contributed by atoms with Crippen LogP contribution in [0.3, 0.4) is 0 Å². The van der Waals surface area contributed by atoms with Gasteiger partial charge in [0.05, 0.1) is 12.1 Å². The summed E-state index contributed by atoms with van der Waals surface area (Å²) in [6, 6.07) is 20.8. The molecule has 2 heterocycles. The Bertz CT molecular complexity index is 1330. The predicted octanol–water partition coefficient (Wildman–Crippen LogP) is 4.77. The van der Waals surface area contributed by atoms with E-state index in [0.717, 1.165) is 27.8 Å². The number of amides is 1. The molecule has 0 spiro atoms. The first-order chi connectivity index (χ1) is 16.0. The van der Waals surface area contributed by atoms with Crippen molar-refractivity contribution in [1.82, 2.24) is 14.9 Å². The summed E-state index contributed by atoms with van der Waals surface area (Å²) in [6.07, 6.45) is 5.80. The van der Waals surface area contributed by atoms with Gasteiger partial charge in [-0.15, -0.1) is 0 Å². The topological polar surface area (TPSA) is 64.0 Å². The standard InChI is InChI=1S/C27H24ClN3O2/c1-19-12-25(28)10-9-23(19)17-30-27(33)24-14-22(15-29-16-24)13-20-5-7-21(8-6-20)18-31-11-3-2-4-26(31)32/h2-12,14-16H,13,17-18H2,1H3,(H,30,33). The van der Waals surface area contributed by atoms with Crippen LogP contribution in [0.5, 0.6) is 0 Å². The number of pyridine rings is 2. The summed E-state index contributed by atoms with van der Waals surface area (Å²) in [6.45, 7) is 2.93. The Morgan fingerprint density at radius 2 is 1.76 bits per heavy atom. The first-order valence-corrected chi connectivity index (χ1v) is 11.1. The van der Waals surface area contributed by atoms with Gasteiger partial charge in [0.25, 0.3) is 11.5 Å². The SMILES string of the molecule is Cc1cc(Cl)ccc1CNC(=O)c1cncc(Cc2ccc(Cn3ccccc3=O)cc2)c1. The van der Waals surface area contributed by atoms with E-state index in [1.54, 1.807) is 35.3 Å². The Hall–Kier alpha value is -3.70. The van der Waals surface area contributed by atoms with Gasteiger partial charge in [0.15, 0.2) is 0 Å². The Balaban J connectivity index is 1.38. The molecule has 0 unspecified atom stereocenters. The number of benzene rings is 2. The Kier molecular flexibility index (Phi) is 7.01. The van der Waals surface area contributed by atoms with E-state index in [4.69, 9.17) is 11.6 Å². The van der Waals surface area contributed by atoms with Gasteiger partial charge in [-0.2, -0.15) is 0 Å². The molecule has 1 amide bonds. The van der Waals surface area contributed by atoms with Crippen LogP contribution in [-0.2, 0) is 19.5 Å². The maximum Gasteiger partial charge on any atom is 0.253 e. The lowest BCUT2D eigenvalue weighted by Gasteiger charge is -2.10. The van der Waals surface area contributed by atoms with Gasteiger partial charge in [0, 0.05) is 36.2 Å². The van der Waals surface area contributed by atoms with E-state index in [0.29, 0.717) is 30.1 Å². The summed E-state index contributed by atoms with van der Waals surface area (Å²) < 4.78 is 1.67. The van der Waals surface area contributed by atoms with Crippen molar-refractivity contribution in [3.63, 3.8) is 0 Å². The van der Waals surface area contributed by atoms with Crippen molar-refractivity contribution in [3.05, 3.63) is 134 Å². The Labute approximate surface area is 197 Å². The van der Waals surface area contributed by atoms with Crippen LogP contribution in [0, 0.1) is 6.92 Å². The average molecular weight is 458 g/mol. The molecule has 0 bridgehead atoms. The molecule has 5 nitrogen and oxygen atoms in total. The first-order valence-electron chi connectivity index (χ1n) is 10.7. The highest BCUT2D eigenvalue weighted by atomic mass is 35.5. The molecular weight excluding hydrogens is 434 g/mol. The monoisotopic (exact) mass is 457 g/mol. The maximum atomic E-state index is 12.6. The number of nitrogens with zero attached hydrogens (tertiary/aromatic N) is 2. The van der Waals surface area contributed by atoms with Gasteiger partial charge < -0.3 is 9.88 Å². The summed E-state index contributed by atoms with van der Waals surface area (Å²) in [4.78, 5) is 28.8. The van der Waals surface area contributed by atoms with Crippen LogP contribution in [0.1, 0.15) is 38.2 Å². The Morgan fingerprint density at radius 1 is 0.970 bits per heavy atom. The lowest BCUT2D eigenvalue weighted by Crippen LogP contribution is -2.23. The zero-order valence-corrected chi connectivity index (χ0v) is 19.0. The normalized spacial score (nSPS) is 10.7. The van der Waals surface area contributed by atoms with Crippen molar-refractivity contribution >= 4 is 17.5 Å². The van der Waals surface area contributed by atoms with E-state index < -0.39 is 0 Å². The van der Waals surface area contributed by atoms with E-state index in [1.807, 2.05) is 61.5 Å². The summed E-state index contributed by atoms with van der Waals surface area (Å²) in [5, 5.41) is 3.63. The lowest BCUT2D eigenvalue weighted by molar-refractivity contribution is 0.0950. The Morgan fingerprint density at radius 3 is 2.52 bits per heavy atom. The molecule has 2 aromatic heterocycles. The van der Waals surface area contributed by atoms with Gasteiger partial charge in [0.1, 0.15) is 0 Å². The van der Waals surface area contributed by atoms with Crippen LogP contribution in [-0.4, -0.2) is 15.5 Å². The highest BCUT2D eigenvalue weighted by Gasteiger charge is 2.09. The number of carbonyl (C=O) groups excluding carboxylic acids is 1. The molecule has 0 aliphatic carbocycles. The largest absolute Gasteiger partial charge is 0.348 e. The highest BCUT2D eigenvalue weighted by molar-refractivity contribution is 6.30. The van der Waals surface area contributed by atoms with Crippen LogP contribution in [0.2, 0.25) is 5.02 Å². The number of hydrogen-bond donors (Lipinski definition) is 1. The molecule has 166 valence electrons.